The first-order valence-corrected chi connectivity index (χ1v) is 10.2. The number of pyridine rings is 1. The molecule has 0 amide bonds. The molecular formula is C25H21N3O3. The van der Waals surface area contributed by atoms with E-state index in [-0.39, 0.29) is 12.3 Å². The molecule has 1 aliphatic rings. The average molecular weight is 411 g/mol. The van der Waals surface area contributed by atoms with E-state index in [4.69, 9.17) is 9.72 Å². The van der Waals surface area contributed by atoms with E-state index in [0.29, 0.717) is 5.75 Å². The van der Waals surface area contributed by atoms with Gasteiger partial charge in [-0.3, -0.25) is 10.1 Å². The van der Waals surface area contributed by atoms with Gasteiger partial charge in [-0.15, -0.1) is 0 Å². The van der Waals surface area contributed by atoms with Crippen LogP contribution >= 0.6 is 0 Å². The number of anilines is 1. The quantitative estimate of drug-likeness (QED) is 0.330. The number of aromatic nitrogens is 1. The van der Waals surface area contributed by atoms with Crippen molar-refractivity contribution in [3.63, 3.8) is 0 Å². The second-order valence-electron chi connectivity index (χ2n) is 7.65. The fourth-order valence-corrected chi connectivity index (χ4v) is 4.01. The average Bonchev–Trinajstić information content (AvgIpc) is 2.82. The maximum absolute atomic E-state index is 11.0. The zero-order valence-electron chi connectivity index (χ0n) is 16.9. The van der Waals surface area contributed by atoms with E-state index in [1.54, 1.807) is 6.07 Å². The number of para-hydroxylation sites is 1. The third-order valence-electron chi connectivity index (χ3n) is 5.64. The number of hydrogen-bond acceptors (Lipinski definition) is 5. The Labute approximate surface area is 179 Å². The van der Waals surface area contributed by atoms with Gasteiger partial charge in [0.05, 0.1) is 4.92 Å². The molecule has 0 saturated carbocycles. The van der Waals surface area contributed by atoms with Crippen LogP contribution in [0.3, 0.4) is 0 Å². The van der Waals surface area contributed by atoms with Crippen LogP contribution in [0.5, 0.6) is 5.75 Å². The highest BCUT2D eigenvalue weighted by Gasteiger charge is 2.18. The van der Waals surface area contributed by atoms with Gasteiger partial charge in [-0.1, -0.05) is 48.5 Å². The van der Waals surface area contributed by atoms with Crippen LogP contribution in [0.2, 0.25) is 0 Å². The molecule has 3 aromatic carbocycles. The Morgan fingerprint density at radius 2 is 1.81 bits per heavy atom. The summed E-state index contributed by atoms with van der Waals surface area (Å²) in [5.74, 6) is 1.59. The molecule has 0 unspecified atom stereocenters. The summed E-state index contributed by atoms with van der Waals surface area (Å²) in [7, 11) is 0. The summed E-state index contributed by atoms with van der Waals surface area (Å²) in [4.78, 5) is 17.8. The largest absolute Gasteiger partial charge is 0.487 e. The number of benzene rings is 3. The standard InChI is InChI=1S/C25H21N3O3/c29-28(30)22-9-3-5-18(15-22)17-31-23-10-4-8-20-11-12-24(26-25(20)23)27-14-13-19-6-1-2-7-21(19)16-27/h1-12,15H,13-14,16-17H2. The van der Waals surface area contributed by atoms with Crippen molar-refractivity contribution in [1.29, 1.82) is 0 Å². The van der Waals surface area contributed by atoms with E-state index in [2.05, 4.69) is 41.3 Å². The Balaban J connectivity index is 1.41. The van der Waals surface area contributed by atoms with Crippen LogP contribution in [-0.4, -0.2) is 16.5 Å². The molecule has 5 rings (SSSR count). The first-order valence-electron chi connectivity index (χ1n) is 10.2. The van der Waals surface area contributed by atoms with Gasteiger partial charge in [-0.25, -0.2) is 4.98 Å². The molecule has 0 fully saturated rings. The fraction of sp³-hybridized carbons (Fsp3) is 0.160. The van der Waals surface area contributed by atoms with Crippen LogP contribution in [0.25, 0.3) is 10.9 Å². The van der Waals surface area contributed by atoms with Crippen LogP contribution in [0.1, 0.15) is 16.7 Å². The highest BCUT2D eigenvalue weighted by Crippen LogP contribution is 2.29. The molecule has 31 heavy (non-hydrogen) atoms. The van der Waals surface area contributed by atoms with Crippen molar-refractivity contribution < 1.29 is 9.66 Å². The molecular weight excluding hydrogens is 390 g/mol. The summed E-state index contributed by atoms with van der Waals surface area (Å²) in [5, 5.41) is 12.0. The van der Waals surface area contributed by atoms with E-state index in [0.717, 1.165) is 41.8 Å². The number of nitrogens with zero attached hydrogens (tertiary/aromatic N) is 3. The van der Waals surface area contributed by atoms with Gasteiger partial charge in [0.25, 0.3) is 5.69 Å². The summed E-state index contributed by atoms with van der Waals surface area (Å²) in [5.41, 5.74) is 4.34. The van der Waals surface area contributed by atoms with E-state index in [1.165, 1.54) is 23.3 Å². The van der Waals surface area contributed by atoms with E-state index in [1.807, 2.05) is 24.3 Å². The molecule has 0 aliphatic carbocycles. The van der Waals surface area contributed by atoms with Gasteiger partial charge < -0.3 is 9.64 Å². The molecule has 6 heteroatoms. The molecule has 1 aliphatic heterocycles. The summed E-state index contributed by atoms with van der Waals surface area (Å²) in [6, 6.07) is 25.0. The van der Waals surface area contributed by atoms with Crippen LogP contribution in [0, 0.1) is 10.1 Å². The van der Waals surface area contributed by atoms with Gasteiger partial charge in [-0.2, -0.15) is 0 Å². The number of hydrogen-bond donors (Lipinski definition) is 0. The van der Waals surface area contributed by atoms with Crippen molar-refractivity contribution in [2.75, 3.05) is 11.4 Å². The van der Waals surface area contributed by atoms with Gasteiger partial charge >= 0.3 is 0 Å². The minimum Gasteiger partial charge on any atom is -0.487 e. The van der Waals surface area contributed by atoms with Gasteiger partial charge in [0.2, 0.25) is 0 Å². The molecule has 0 atom stereocenters. The number of non-ortho nitro benzene ring substituents is 1. The lowest BCUT2D eigenvalue weighted by Crippen LogP contribution is -2.30. The summed E-state index contributed by atoms with van der Waals surface area (Å²) >= 11 is 0. The van der Waals surface area contributed by atoms with Crippen LogP contribution < -0.4 is 9.64 Å². The highest BCUT2D eigenvalue weighted by molar-refractivity contribution is 5.86. The van der Waals surface area contributed by atoms with Crippen molar-refractivity contribution in [3.05, 3.63) is 106 Å². The topological polar surface area (TPSA) is 68.5 Å². The minimum atomic E-state index is -0.397. The molecule has 0 spiro atoms. The second-order valence-corrected chi connectivity index (χ2v) is 7.65. The first-order chi connectivity index (χ1) is 15.2. The number of fused-ring (bicyclic) bond motifs is 2. The Hall–Kier alpha value is -3.93. The molecule has 1 aromatic heterocycles. The lowest BCUT2D eigenvalue weighted by atomic mass is 10.00. The third-order valence-corrected chi connectivity index (χ3v) is 5.64. The van der Waals surface area contributed by atoms with Crippen molar-refractivity contribution in [2.24, 2.45) is 0 Å². The van der Waals surface area contributed by atoms with Crippen LogP contribution in [-0.2, 0) is 19.6 Å². The molecule has 0 saturated heterocycles. The molecule has 0 radical (unpaired) electrons. The molecule has 0 bridgehead atoms. The van der Waals surface area contributed by atoms with Crippen molar-refractivity contribution >= 4 is 22.4 Å². The van der Waals surface area contributed by atoms with Gasteiger partial charge in [0.15, 0.2) is 0 Å². The summed E-state index contributed by atoms with van der Waals surface area (Å²) < 4.78 is 6.04. The highest BCUT2D eigenvalue weighted by atomic mass is 16.6. The Morgan fingerprint density at radius 3 is 2.68 bits per heavy atom. The van der Waals surface area contributed by atoms with Crippen molar-refractivity contribution in [2.45, 2.75) is 19.6 Å². The SMILES string of the molecule is O=[N+]([O-])c1cccc(COc2cccc3ccc(N4CCc5ccccc5C4)nc23)c1. The predicted molar refractivity (Wildman–Crippen MR) is 120 cm³/mol. The lowest BCUT2D eigenvalue weighted by molar-refractivity contribution is -0.384. The lowest BCUT2D eigenvalue weighted by Gasteiger charge is -2.30. The smallest absolute Gasteiger partial charge is 0.269 e. The number of nitro benzene ring substituents is 1. The monoisotopic (exact) mass is 411 g/mol. The zero-order chi connectivity index (χ0) is 21.2. The maximum atomic E-state index is 11.0. The Morgan fingerprint density at radius 1 is 0.968 bits per heavy atom. The predicted octanol–water partition coefficient (Wildman–Crippen LogP) is 5.28. The molecule has 6 nitrogen and oxygen atoms in total. The van der Waals surface area contributed by atoms with Gasteiger partial charge in [-0.05, 0) is 41.3 Å². The van der Waals surface area contributed by atoms with E-state index in [9.17, 15) is 10.1 Å². The molecule has 154 valence electrons. The number of rotatable bonds is 5. The zero-order valence-corrected chi connectivity index (χ0v) is 16.9. The second kappa shape index (κ2) is 8.07. The normalized spacial score (nSPS) is 13.1. The van der Waals surface area contributed by atoms with Gasteiger partial charge in [0.1, 0.15) is 23.7 Å². The minimum absolute atomic E-state index is 0.0600. The van der Waals surface area contributed by atoms with Crippen molar-refractivity contribution in [3.8, 4) is 5.75 Å². The third kappa shape index (κ3) is 3.92. The van der Waals surface area contributed by atoms with Crippen LogP contribution in [0.4, 0.5) is 11.5 Å². The molecule has 4 aromatic rings. The van der Waals surface area contributed by atoms with E-state index < -0.39 is 4.92 Å². The Kier molecular flexibility index (Phi) is 4.96. The molecule has 2 heterocycles. The number of ether oxygens (including phenoxy) is 1. The number of nitro groups is 1. The summed E-state index contributed by atoms with van der Waals surface area (Å²) in [6.45, 7) is 2.00. The first kappa shape index (κ1) is 19.1. The van der Waals surface area contributed by atoms with Crippen molar-refractivity contribution in [1.82, 2.24) is 4.98 Å². The van der Waals surface area contributed by atoms with Crippen LogP contribution in [0.15, 0.2) is 78.9 Å². The van der Waals surface area contributed by atoms with Gasteiger partial charge in [0, 0.05) is 30.6 Å². The van der Waals surface area contributed by atoms with E-state index >= 15 is 0 Å². The Bertz CT molecular complexity index is 1270. The fourth-order valence-electron chi connectivity index (χ4n) is 4.01. The summed E-state index contributed by atoms with van der Waals surface area (Å²) in [6.07, 6.45) is 1.00. The molecule has 0 N–H and O–H groups in total. The maximum Gasteiger partial charge on any atom is 0.269 e.